The SMILES string of the molecule is CN(Cc1ccc(F)cc1)C1CCN(CCc2ccncc2)CC1. The van der Waals surface area contributed by atoms with Crippen LogP contribution < -0.4 is 0 Å². The Balaban J connectivity index is 1.42. The van der Waals surface area contributed by atoms with Gasteiger partial charge in [-0.25, -0.2) is 4.39 Å². The predicted molar refractivity (Wildman–Crippen MR) is 95.3 cm³/mol. The number of hydrogen-bond donors (Lipinski definition) is 0. The second kappa shape index (κ2) is 8.36. The lowest BCUT2D eigenvalue weighted by Gasteiger charge is -2.36. The molecule has 1 aliphatic heterocycles. The average Bonchev–Trinajstić information content (AvgIpc) is 2.63. The Kier molecular flexibility index (Phi) is 5.94. The van der Waals surface area contributed by atoms with E-state index in [1.54, 1.807) is 12.1 Å². The molecule has 1 aromatic heterocycles. The highest BCUT2D eigenvalue weighted by Crippen LogP contribution is 2.18. The van der Waals surface area contributed by atoms with Crippen molar-refractivity contribution in [3.63, 3.8) is 0 Å². The van der Waals surface area contributed by atoms with Crippen LogP contribution in [0.1, 0.15) is 24.0 Å². The van der Waals surface area contributed by atoms with Crippen LogP contribution in [-0.2, 0) is 13.0 Å². The van der Waals surface area contributed by atoms with E-state index in [4.69, 9.17) is 0 Å². The molecule has 0 bridgehead atoms. The van der Waals surface area contributed by atoms with Crippen LogP contribution >= 0.6 is 0 Å². The first-order chi connectivity index (χ1) is 11.7. The van der Waals surface area contributed by atoms with Crippen molar-refractivity contribution in [2.75, 3.05) is 26.7 Å². The number of hydrogen-bond acceptors (Lipinski definition) is 3. The zero-order valence-electron chi connectivity index (χ0n) is 14.4. The average molecular weight is 327 g/mol. The smallest absolute Gasteiger partial charge is 0.123 e. The van der Waals surface area contributed by atoms with E-state index in [1.165, 1.54) is 24.0 Å². The minimum atomic E-state index is -0.163. The van der Waals surface area contributed by atoms with E-state index in [1.807, 2.05) is 24.5 Å². The minimum absolute atomic E-state index is 0.163. The van der Waals surface area contributed by atoms with E-state index in [2.05, 4.69) is 34.0 Å². The summed E-state index contributed by atoms with van der Waals surface area (Å²) in [5, 5.41) is 0. The molecule has 3 nitrogen and oxygen atoms in total. The molecule has 0 spiro atoms. The highest BCUT2D eigenvalue weighted by molar-refractivity contribution is 5.16. The molecule has 0 unspecified atom stereocenters. The van der Waals surface area contributed by atoms with Gasteiger partial charge in [0.25, 0.3) is 0 Å². The highest BCUT2D eigenvalue weighted by Gasteiger charge is 2.22. The molecule has 3 rings (SSSR count). The van der Waals surface area contributed by atoms with Crippen LogP contribution in [-0.4, -0.2) is 47.5 Å². The Morgan fingerprint density at radius 3 is 2.38 bits per heavy atom. The van der Waals surface area contributed by atoms with Crippen LogP contribution in [0.15, 0.2) is 48.8 Å². The van der Waals surface area contributed by atoms with Crippen molar-refractivity contribution < 1.29 is 4.39 Å². The Labute approximate surface area is 144 Å². The first kappa shape index (κ1) is 17.1. The third kappa shape index (κ3) is 4.86. The van der Waals surface area contributed by atoms with Crippen molar-refractivity contribution >= 4 is 0 Å². The van der Waals surface area contributed by atoms with Crippen LogP contribution in [0.25, 0.3) is 0 Å². The number of pyridine rings is 1. The molecule has 0 saturated carbocycles. The van der Waals surface area contributed by atoms with Crippen LogP contribution in [0.5, 0.6) is 0 Å². The van der Waals surface area contributed by atoms with Crippen LogP contribution in [0.2, 0.25) is 0 Å². The summed E-state index contributed by atoms with van der Waals surface area (Å²) < 4.78 is 13.0. The summed E-state index contributed by atoms with van der Waals surface area (Å²) in [6, 6.07) is 11.7. The van der Waals surface area contributed by atoms with Crippen LogP contribution in [0.4, 0.5) is 4.39 Å². The van der Waals surface area contributed by atoms with Crippen molar-refractivity contribution in [1.29, 1.82) is 0 Å². The molecule has 2 aromatic rings. The fourth-order valence-electron chi connectivity index (χ4n) is 3.43. The number of rotatable bonds is 6. The Morgan fingerprint density at radius 2 is 1.71 bits per heavy atom. The van der Waals surface area contributed by atoms with E-state index in [0.29, 0.717) is 6.04 Å². The number of nitrogens with zero attached hydrogens (tertiary/aromatic N) is 3. The maximum atomic E-state index is 13.0. The number of aromatic nitrogens is 1. The van der Waals surface area contributed by atoms with Gasteiger partial charge in [-0.2, -0.15) is 0 Å². The molecule has 2 heterocycles. The van der Waals surface area contributed by atoms with Crippen molar-refractivity contribution in [2.45, 2.75) is 31.8 Å². The molecule has 4 heteroatoms. The van der Waals surface area contributed by atoms with Crippen LogP contribution in [0, 0.1) is 5.82 Å². The largest absolute Gasteiger partial charge is 0.303 e. The second-order valence-corrected chi connectivity index (χ2v) is 6.72. The van der Waals surface area contributed by atoms with E-state index < -0.39 is 0 Å². The second-order valence-electron chi connectivity index (χ2n) is 6.72. The van der Waals surface area contributed by atoms with Gasteiger partial charge >= 0.3 is 0 Å². The van der Waals surface area contributed by atoms with Crippen molar-refractivity contribution in [3.8, 4) is 0 Å². The molecule has 0 amide bonds. The molecule has 1 fully saturated rings. The summed E-state index contributed by atoms with van der Waals surface area (Å²) in [7, 11) is 2.18. The normalized spacial score (nSPS) is 16.6. The molecule has 24 heavy (non-hydrogen) atoms. The molecule has 1 aromatic carbocycles. The Hall–Kier alpha value is -1.78. The summed E-state index contributed by atoms with van der Waals surface area (Å²) >= 11 is 0. The number of likely N-dealkylation sites (tertiary alicyclic amines) is 1. The van der Waals surface area contributed by atoms with Gasteiger partial charge in [0.05, 0.1) is 0 Å². The predicted octanol–water partition coefficient (Wildman–Crippen LogP) is 3.36. The molecule has 0 N–H and O–H groups in total. The summed E-state index contributed by atoms with van der Waals surface area (Å²) in [5.41, 5.74) is 2.54. The Morgan fingerprint density at radius 1 is 1.04 bits per heavy atom. The van der Waals surface area contributed by atoms with Gasteiger partial charge in [-0.15, -0.1) is 0 Å². The monoisotopic (exact) mass is 327 g/mol. The van der Waals surface area contributed by atoms with Crippen molar-refractivity contribution in [1.82, 2.24) is 14.8 Å². The first-order valence-corrected chi connectivity index (χ1v) is 8.76. The van der Waals surface area contributed by atoms with Gasteiger partial charge in [-0.1, -0.05) is 12.1 Å². The maximum absolute atomic E-state index is 13.0. The summed E-state index contributed by atoms with van der Waals surface area (Å²) in [6.45, 7) is 4.33. The lowest BCUT2D eigenvalue weighted by molar-refractivity contribution is 0.124. The molecule has 1 saturated heterocycles. The molecule has 0 aliphatic carbocycles. The van der Waals surface area contributed by atoms with E-state index in [-0.39, 0.29) is 5.82 Å². The van der Waals surface area contributed by atoms with E-state index >= 15 is 0 Å². The maximum Gasteiger partial charge on any atom is 0.123 e. The van der Waals surface area contributed by atoms with Gasteiger partial charge in [0.1, 0.15) is 5.82 Å². The fourth-order valence-corrected chi connectivity index (χ4v) is 3.43. The van der Waals surface area contributed by atoms with Gasteiger partial charge in [0.2, 0.25) is 0 Å². The zero-order chi connectivity index (χ0) is 16.8. The first-order valence-electron chi connectivity index (χ1n) is 8.76. The van der Waals surface area contributed by atoms with Gasteiger partial charge in [0, 0.05) is 31.5 Å². The topological polar surface area (TPSA) is 19.4 Å². The summed E-state index contributed by atoms with van der Waals surface area (Å²) in [5.74, 6) is -0.163. The molecular weight excluding hydrogens is 301 g/mol. The number of benzene rings is 1. The molecular formula is C20H26FN3. The van der Waals surface area contributed by atoms with E-state index in [0.717, 1.165) is 32.6 Å². The van der Waals surface area contributed by atoms with Crippen LogP contribution in [0.3, 0.4) is 0 Å². The number of piperidine rings is 1. The third-order valence-electron chi connectivity index (χ3n) is 4.99. The molecule has 128 valence electrons. The third-order valence-corrected chi connectivity index (χ3v) is 4.99. The highest BCUT2D eigenvalue weighted by atomic mass is 19.1. The van der Waals surface area contributed by atoms with Crippen molar-refractivity contribution in [2.24, 2.45) is 0 Å². The molecule has 1 aliphatic rings. The minimum Gasteiger partial charge on any atom is -0.303 e. The summed E-state index contributed by atoms with van der Waals surface area (Å²) in [4.78, 5) is 9.04. The molecule has 0 radical (unpaired) electrons. The van der Waals surface area contributed by atoms with Crippen molar-refractivity contribution in [3.05, 3.63) is 65.7 Å². The zero-order valence-corrected chi connectivity index (χ0v) is 14.4. The standard InChI is InChI=1S/C20H26FN3/c1-23(16-18-2-4-19(21)5-3-18)20-9-14-24(15-10-20)13-8-17-6-11-22-12-7-17/h2-7,11-12,20H,8-10,13-16H2,1H3. The van der Waals surface area contributed by atoms with E-state index in [9.17, 15) is 4.39 Å². The quantitative estimate of drug-likeness (QED) is 0.811. The number of halogens is 1. The Bertz CT molecular complexity index is 607. The molecule has 0 atom stereocenters. The van der Waals surface area contributed by atoms with Gasteiger partial charge in [-0.3, -0.25) is 9.88 Å². The van der Waals surface area contributed by atoms with Gasteiger partial charge in [0.15, 0.2) is 0 Å². The van der Waals surface area contributed by atoms with Gasteiger partial charge < -0.3 is 4.90 Å². The lowest BCUT2D eigenvalue weighted by Crippen LogP contribution is -2.43. The fraction of sp³-hybridized carbons (Fsp3) is 0.450. The lowest BCUT2D eigenvalue weighted by atomic mass is 10.0. The van der Waals surface area contributed by atoms with Gasteiger partial charge in [-0.05, 0) is 74.8 Å². The summed E-state index contributed by atoms with van der Waals surface area (Å²) in [6.07, 6.45) is 7.23.